The van der Waals surface area contributed by atoms with E-state index >= 15 is 0 Å². The van der Waals surface area contributed by atoms with E-state index in [-0.39, 0.29) is 12.1 Å². The number of nitrogens with one attached hydrogen (secondary N) is 1. The zero-order valence-corrected chi connectivity index (χ0v) is 12.9. The Balaban J connectivity index is 1.80. The number of hydrogen-bond donors (Lipinski definition) is 2. The standard InChI is InChI=1S/C17H25N3O/c1-17(2,9-8-15-6-4-3-5-7-15)18-12-16-13-19-20(14-16)10-11-21/h3-7,13-14,18,21H,8-12H2,1-2H3. The van der Waals surface area contributed by atoms with Crippen LogP contribution in [0.1, 0.15) is 31.4 Å². The molecule has 0 saturated heterocycles. The molecule has 0 fully saturated rings. The van der Waals surface area contributed by atoms with Crippen LogP contribution in [-0.4, -0.2) is 27.0 Å². The van der Waals surface area contributed by atoms with Crippen LogP contribution in [0.3, 0.4) is 0 Å². The van der Waals surface area contributed by atoms with Crippen LogP contribution in [0.15, 0.2) is 42.7 Å². The van der Waals surface area contributed by atoms with Crippen LogP contribution in [0.2, 0.25) is 0 Å². The number of aryl methyl sites for hydroxylation is 1. The van der Waals surface area contributed by atoms with Crippen molar-refractivity contribution in [1.29, 1.82) is 0 Å². The van der Waals surface area contributed by atoms with Crippen molar-refractivity contribution in [3.63, 3.8) is 0 Å². The molecule has 21 heavy (non-hydrogen) atoms. The Morgan fingerprint density at radius 3 is 2.67 bits per heavy atom. The molecule has 0 bridgehead atoms. The van der Waals surface area contributed by atoms with Gasteiger partial charge in [-0.25, -0.2) is 0 Å². The summed E-state index contributed by atoms with van der Waals surface area (Å²) in [5, 5.41) is 16.7. The van der Waals surface area contributed by atoms with E-state index in [9.17, 15) is 0 Å². The number of aromatic nitrogens is 2. The zero-order valence-electron chi connectivity index (χ0n) is 12.9. The van der Waals surface area contributed by atoms with Crippen LogP contribution < -0.4 is 5.32 Å². The highest BCUT2D eigenvalue weighted by molar-refractivity contribution is 5.15. The Hall–Kier alpha value is -1.65. The van der Waals surface area contributed by atoms with Crippen LogP contribution in [0, 0.1) is 0 Å². The topological polar surface area (TPSA) is 50.1 Å². The van der Waals surface area contributed by atoms with Gasteiger partial charge in [-0.1, -0.05) is 30.3 Å². The van der Waals surface area contributed by atoms with Gasteiger partial charge >= 0.3 is 0 Å². The molecule has 0 aliphatic heterocycles. The molecule has 0 aliphatic carbocycles. The van der Waals surface area contributed by atoms with Crippen molar-refractivity contribution in [2.75, 3.05) is 6.61 Å². The van der Waals surface area contributed by atoms with Crippen LogP contribution >= 0.6 is 0 Å². The van der Waals surface area contributed by atoms with Gasteiger partial charge in [0.1, 0.15) is 0 Å². The summed E-state index contributed by atoms with van der Waals surface area (Å²) in [7, 11) is 0. The normalized spacial score (nSPS) is 11.8. The Morgan fingerprint density at radius 1 is 1.19 bits per heavy atom. The SMILES string of the molecule is CC(C)(CCc1ccccc1)NCc1cnn(CCO)c1. The molecule has 2 N–H and O–H groups in total. The predicted octanol–water partition coefficient (Wildman–Crippen LogP) is 2.38. The molecule has 0 amide bonds. The molecule has 0 radical (unpaired) electrons. The molecule has 0 spiro atoms. The summed E-state index contributed by atoms with van der Waals surface area (Å²) in [5.74, 6) is 0. The lowest BCUT2D eigenvalue weighted by molar-refractivity contribution is 0.269. The maximum absolute atomic E-state index is 8.89. The second kappa shape index (κ2) is 7.38. The van der Waals surface area contributed by atoms with Gasteiger partial charge in [-0.15, -0.1) is 0 Å². The van der Waals surface area contributed by atoms with Gasteiger partial charge in [0.25, 0.3) is 0 Å². The minimum absolute atomic E-state index is 0.0783. The Labute approximate surface area is 126 Å². The lowest BCUT2D eigenvalue weighted by atomic mass is 9.95. The lowest BCUT2D eigenvalue weighted by Crippen LogP contribution is -2.39. The van der Waals surface area contributed by atoms with Crippen molar-refractivity contribution in [2.45, 2.75) is 45.3 Å². The molecule has 114 valence electrons. The molecule has 4 nitrogen and oxygen atoms in total. The minimum Gasteiger partial charge on any atom is -0.394 e. The van der Waals surface area contributed by atoms with E-state index in [0.29, 0.717) is 6.54 Å². The summed E-state index contributed by atoms with van der Waals surface area (Å²) in [4.78, 5) is 0. The number of hydrogen-bond acceptors (Lipinski definition) is 3. The molecule has 0 saturated carbocycles. The maximum Gasteiger partial charge on any atom is 0.0640 e. The quantitative estimate of drug-likeness (QED) is 0.784. The molecule has 1 heterocycles. The third kappa shape index (κ3) is 5.33. The van der Waals surface area contributed by atoms with Crippen molar-refractivity contribution in [3.05, 3.63) is 53.9 Å². The van der Waals surface area contributed by atoms with Gasteiger partial charge in [0.05, 0.1) is 19.3 Å². The molecule has 0 aliphatic rings. The highest BCUT2D eigenvalue weighted by atomic mass is 16.3. The van der Waals surface area contributed by atoms with E-state index < -0.39 is 0 Å². The molecule has 4 heteroatoms. The Kier molecular flexibility index (Phi) is 5.53. The van der Waals surface area contributed by atoms with Gasteiger partial charge in [0.2, 0.25) is 0 Å². The van der Waals surface area contributed by atoms with Gasteiger partial charge in [0, 0.05) is 23.8 Å². The van der Waals surface area contributed by atoms with E-state index in [1.165, 1.54) is 5.56 Å². The predicted molar refractivity (Wildman–Crippen MR) is 85.0 cm³/mol. The molecule has 1 aromatic heterocycles. The molecular formula is C17H25N3O. The third-order valence-corrected chi connectivity index (χ3v) is 3.67. The third-order valence-electron chi connectivity index (χ3n) is 3.67. The van der Waals surface area contributed by atoms with Crippen LogP contribution in [0.5, 0.6) is 0 Å². The Bertz CT molecular complexity index is 534. The maximum atomic E-state index is 8.89. The molecule has 2 aromatic rings. The van der Waals surface area contributed by atoms with Crippen molar-refractivity contribution in [3.8, 4) is 0 Å². The van der Waals surface area contributed by atoms with Crippen LogP contribution in [-0.2, 0) is 19.5 Å². The fourth-order valence-electron chi connectivity index (χ4n) is 2.25. The molecule has 1 aromatic carbocycles. The monoisotopic (exact) mass is 287 g/mol. The first-order valence-electron chi connectivity index (χ1n) is 7.50. The van der Waals surface area contributed by atoms with Crippen molar-refractivity contribution < 1.29 is 5.11 Å². The fourth-order valence-corrected chi connectivity index (χ4v) is 2.25. The van der Waals surface area contributed by atoms with Gasteiger partial charge in [-0.2, -0.15) is 5.10 Å². The van der Waals surface area contributed by atoms with E-state index in [1.807, 2.05) is 12.4 Å². The van der Waals surface area contributed by atoms with Gasteiger partial charge in [0.15, 0.2) is 0 Å². The summed E-state index contributed by atoms with van der Waals surface area (Å²) >= 11 is 0. The van der Waals surface area contributed by atoms with Crippen molar-refractivity contribution in [2.24, 2.45) is 0 Å². The van der Waals surface area contributed by atoms with E-state index in [1.54, 1.807) is 4.68 Å². The zero-order chi connectivity index (χ0) is 15.1. The lowest BCUT2D eigenvalue weighted by Gasteiger charge is -2.26. The fraction of sp³-hybridized carbons (Fsp3) is 0.471. The number of aliphatic hydroxyl groups excluding tert-OH is 1. The highest BCUT2D eigenvalue weighted by Crippen LogP contribution is 2.14. The summed E-state index contributed by atoms with van der Waals surface area (Å²) in [6.07, 6.45) is 6.00. The minimum atomic E-state index is 0.0783. The second-order valence-corrected chi connectivity index (χ2v) is 6.06. The van der Waals surface area contributed by atoms with Crippen molar-refractivity contribution >= 4 is 0 Å². The number of aliphatic hydroxyl groups is 1. The molecule has 2 rings (SSSR count). The van der Waals surface area contributed by atoms with Crippen LogP contribution in [0.25, 0.3) is 0 Å². The largest absolute Gasteiger partial charge is 0.394 e. The average molecular weight is 287 g/mol. The first-order valence-corrected chi connectivity index (χ1v) is 7.50. The number of benzene rings is 1. The summed E-state index contributed by atoms with van der Waals surface area (Å²) in [5.41, 5.74) is 2.61. The van der Waals surface area contributed by atoms with Crippen molar-refractivity contribution in [1.82, 2.24) is 15.1 Å². The summed E-state index contributed by atoms with van der Waals surface area (Å²) in [6, 6.07) is 10.6. The summed E-state index contributed by atoms with van der Waals surface area (Å²) < 4.78 is 1.77. The average Bonchev–Trinajstić information content (AvgIpc) is 2.93. The van der Waals surface area contributed by atoms with Gasteiger partial charge in [-0.3, -0.25) is 4.68 Å². The molecular weight excluding hydrogens is 262 g/mol. The first kappa shape index (κ1) is 15.7. The van der Waals surface area contributed by atoms with Gasteiger partial charge < -0.3 is 10.4 Å². The number of rotatable bonds is 8. The number of nitrogens with zero attached hydrogens (tertiary/aromatic N) is 2. The first-order chi connectivity index (χ1) is 10.1. The second-order valence-electron chi connectivity index (χ2n) is 6.06. The molecule has 0 unspecified atom stereocenters. The smallest absolute Gasteiger partial charge is 0.0640 e. The van der Waals surface area contributed by atoms with Crippen LogP contribution in [0.4, 0.5) is 0 Å². The Morgan fingerprint density at radius 2 is 1.95 bits per heavy atom. The van der Waals surface area contributed by atoms with E-state index in [4.69, 9.17) is 5.11 Å². The summed E-state index contributed by atoms with van der Waals surface area (Å²) in [6.45, 7) is 5.93. The van der Waals surface area contributed by atoms with E-state index in [0.717, 1.165) is 24.9 Å². The van der Waals surface area contributed by atoms with Gasteiger partial charge in [-0.05, 0) is 32.3 Å². The highest BCUT2D eigenvalue weighted by Gasteiger charge is 2.17. The molecule has 0 atom stereocenters. The van der Waals surface area contributed by atoms with E-state index in [2.05, 4.69) is 54.6 Å².